The van der Waals surface area contributed by atoms with E-state index in [-0.39, 0.29) is 0 Å². The summed E-state index contributed by atoms with van der Waals surface area (Å²) in [6.45, 7) is 2.52. The molecule has 3 nitrogen and oxygen atoms in total. The van der Waals surface area contributed by atoms with E-state index in [0.29, 0.717) is 11.7 Å². The molecule has 0 saturated heterocycles. The van der Waals surface area contributed by atoms with Gasteiger partial charge in [0.25, 0.3) is 0 Å². The highest BCUT2D eigenvalue weighted by molar-refractivity contribution is 7.80. The zero-order valence-corrected chi connectivity index (χ0v) is 11.7. The van der Waals surface area contributed by atoms with Crippen molar-refractivity contribution >= 4 is 28.9 Å². The summed E-state index contributed by atoms with van der Waals surface area (Å²) >= 11 is 11.0. The van der Waals surface area contributed by atoms with E-state index < -0.39 is 0 Å². The van der Waals surface area contributed by atoms with E-state index in [2.05, 4.69) is 15.5 Å². The van der Waals surface area contributed by atoms with Gasteiger partial charge in [-0.05, 0) is 44.0 Å². The highest BCUT2D eigenvalue weighted by Gasteiger charge is 1.97. The number of thiocarbonyl (C=S) groups is 1. The van der Waals surface area contributed by atoms with Crippen LogP contribution in [0.2, 0.25) is 5.02 Å². The molecule has 94 valence electrons. The van der Waals surface area contributed by atoms with E-state index in [9.17, 15) is 0 Å². The van der Waals surface area contributed by atoms with Crippen LogP contribution in [-0.4, -0.2) is 37.2 Å². The molecular weight excluding hydrogens is 254 g/mol. The van der Waals surface area contributed by atoms with Crippen LogP contribution >= 0.6 is 23.8 Å². The second-order valence-corrected chi connectivity index (χ2v) is 4.88. The van der Waals surface area contributed by atoms with Crippen molar-refractivity contribution in [2.75, 3.05) is 27.2 Å². The van der Waals surface area contributed by atoms with Crippen molar-refractivity contribution in [3.8, 4) is 0 Å². The van der Waals surface area contributed by atoms with Gasteiger partial charge in [0.1, 0.15) is 0 Å². The molecule has 1 rings (SSSR count). The molecule has 0 bridgehead atoms. The van der Waals surface area contributed by atoms with Gasteiger partial charge in [0, 0.05) is 24.7 Å². The van der Waals surface area contributed by atoms with E-state index in [0.717, 1.165) is 23.7 Å². The first-order valence-electron chi connectivity index (χ1n) is 5.49. The molecule has 0 heterocycles. The summed E-state index contributed by atoms with van der Waals surface area (Å²) in [6, 6.07) is 7.72. The lowest BCUT2D eigenvalue weighted by Gasteiger charge is -2.13. The Morgan fingerprint density at radius 3 is 2.47 bits per heavy atom. The molecule has 0 aliphatic rings. The second kappa shape index (κ2) is 7.48. The fourth-order valence-corrected chi connectivity index (χ4v) is 1.54. The van der Waals surface area contributed by atoms with Gasteiger partial charge in [-0.25, -0.2) is 0 Å². The highest BCUT2D eigenvalue weighted by Crippen LogP contribution is 2.08. The Hall–Kier alpha value is -0.840. The summed E-state index contributed by atoms with van der Waals surface area (Å²) < 4.78 is 0. The minimum atomic E-state index is 0.682. The van der Waals surface area contributed by atoms with Gasteiger partial charge in [0.05, 0.1) is 0 Å². The van der Waals surface area contributed by atoms with E-state index in [1.165, 1.54) is 0 Å². The second-order valence-electron chi connectivity index (χ2n) is 4.04. The van der Waals surface area contributed by atoms with Gasteiger partial charge >= 0.3 is 0 Å². The van der Waals surface area contributed by atoms with Crippen LogP contribution in [0.5, 0.6) is 0 Å². The third-order valence-electron chi connectivity index (χ3n) is 2.21. The molecule has 0 unspecified atom stereocenters. The number of likely N-dealkylation sites (N-methyl/N-ethyl adjacent to an activating group) is 1. The average Bonchev–Trinajstić information content (AvgIpc) is 2.28. The quantitative estimate of drug-likeness (QED) is 0.800. The van der Waals surface area contributed by atoms with E-state index >= 15 is 0 Å². The number of nitrogens with zero attached hydrogens (tertiary/aromatic N) is 1. The Morgan fingerprint density at radius 1 is 1.24 bits per heavy atom. The number of benzene rings is 1. The molecule has 0 radical (unpaired) electrons. The summed E-state index contributed by atoms with van der Waals surface area (Å²) in [5, 5.41) is 7.73. The van der Waals surface area contributed by atoms with Crippen LogP contribution in [0.3, 0.4) is 0 Å². The van der Waals surface area contributed by atoms with Gasteiger partial charge in [-0.2, -0.15) is 0 Å². The summed E-state index contributed by atoms with van der Waals surface area (Å²) in [7, 11) is 4.07. The molecule has 5 heteroatoms. The third kappa shape index (κ3) is 6.46. The fourth-order valence-electron chi connectivity index (χ4n) is 1.24. The van der Waals surface area contributed by atoms with Crippen LogP contribution in [-0.2, 0) is 6.54 Å². The molecule has 2 N–H and O–H groups in total. The SMILES string of the molecule is CN(C)CCNC(=S)NCc1ccc(Cl)cc1. The van der Waals surface area contributed by atoms with Gasteiger partial charge in [0.2, 0.25) is 0 Å². The molecule has 0 fully saturated rings. The summed E-state index contributed by atoms with van der Waals surface area (Å²) in [6.07, 6.45) is 0. The van der Waals surface area contributed by atoms with Crippen molar-refractivity contribution in [2.45, 2.75) is 6.54 Å². The third-order valence-corrected chi connectivity index (χ3v) is 2.75. The maximum Gasteiger partial charge on any atom is 0.166 e. The lowest BCUT2D eigenvalue weighted by atomic mass is 10.2. The Balaban J connectivity index is 2.21. The fraction of sp³-hybridized carbons (Fsp3) is 0.417. The zero-order valence-electron chi connectivity index (χ0n) is 10.2. The molecule has 0 atom stereocenters. The Kier molecular flexibility index (Phi) is 6.26. The monoisotopic (exact) mass is 271 g/mol. The minimum Gasteiger partial charge on any atom is -0.361 e. The van der Waals surface area contributed by atoms with Crippen LogP contribution in [0, 0.1) is 0 Å². The van der Waals surface area contributed by atoms with Crippen molar-refractivity contribution in [2.24, 2.45) is 0 Å². The number of halogens is 1. The van der Waals surface area contributed by atoms with Crippen molar-refractivity contribution in [1.29, 1.82) is 0 Å². The van der Waals surface area contributed by atoms with E-state index in [1.54, 1.807) is 0 Å². The predicted octanol–water partition coefficient (Wildman–Crippen LogP) is 1.87. The van der Waals surface area contributed by atoms with Gasteiger partial charge in [-0.15, -0.1) is 0 Å². The largest absolute Gasteiger partial charge is 0.361 e. The van der Waals surface area contributed by atoms with E-state index in [4.69, 9.17) is 23.8 Å². The smallest absolute Gasteiger partial charge is 0.166 e. The van der Waals surface area contributed by atoms with E-state index in [1.807, 2.05) is 38.4 Å². The average molecular weight is 272 g/mol. The predicted molar refractivity (Wildman–Crippen MR) is 77.4 cm³/mol. The van der Waals surface area contributed by atoms with Crippen LogP contribution in [0.15, 0.2) is 24.3 Å². The minimum absolute atomic E-state index is 0.682. The van der Waals surface area contributed by atoms with Crippen molar-refractivity contribution < 1.29 is 0 Å². The lowest BCUT2D eigenvalue weighted by molar-refractivity contribution is 0.412. The molecule has 0 spiro atoms. The molecule has 1 aromatic rings. The van der Waals surface area contributed by atoms with Crippen molar-refractivity contribution in [3.05, 3.63) is 34.9 Å². The molecule has 0 aliphatic heterocycles. The zero-order chi connectivity index (χ0) is 12.7. The molecule has 17 heavy (non-hydrogen) atoms. The highest BCUT2D eigenvalue weighted by atomic mass is 35.5. The maximum absolute atomic E-state index is 5.81. The standard InChI is InChI=1S/C12H18ClN3S/c1-16(2)8-7-14-12(17)15-9-10-3-5-11(13)6-4-10/h3-6H,7-9H2,1-2H3,(H2,14,15,17). The molecular formula is C12H18ClN3S. The van der Waals surface area contributed by atoms with Crippen LogP contribution < -0.4 is 10.6 Å². The lowest BCUT2D eigenvalue weighted by Crippen LogP contribution is -2.38. The maximum atomic E-state index is 5.81. The topological polar surface area (TPSA) is 27.3 Å². The summed E-state index contributed by atoms with van der Waals surface area (Å²) in [5.74, 6) is 0. The first-order valence-corrected chi connectivity index (χ1v) is 6.27. The number of nitrogens with one attached hydrogen (secondary N) is 2. The Morgan fingerprint density at radius 2 is 1.88 bits per heavy atom. The van der Waals surface area contributed by atoms with Gasteiger partial charge < -0.3 is 15.5 Å². The normalized spacial score (nSPS) is 10.4. The Labute approximate surface area is 113 Å². The van der Waals surface area contributed by atoms with Gasteiger partial charge in [0.15, 0.2) is 5.11 Å². The van der Waals surface area contributed by atoms with Gasteiger partial charge in [-0.3, -0.25) is 0 Å². The molecule has 0 aromatic heterocycles. The summed E-state index contributed by atoms with van der Waals surface area (Å²) in [5.41, 5.74) is 1.16. The molecule has 1 aromatic carbocycles. The summed E-state index contributed by atoms with van der Waals surface area (Å²) in [4.78, 5) is 2.11. The van der Waals surface area contributed by atoms with Crippen molar-refractivity contribution in [3.63, 3.8) is 0 Å². The first-order chi connectivity index (χ1) is 8.08. The number of hydrogen-bond donors (Lipinski definition) is 2. The molecule has 0 saturated carbocycles. The first kappa shape index (κ1) is 14.2. The Bertz CT molecular complexity index is 351. The molecule has 0 amide bonds. The van der Waals surface area contributed by atoms with Crippen LogP contribution in [0.4, 0.5) is 0 Å². The van der Waals surface area contributed by atoms with Crippen LogP contribution in [0.25, 0.3) is 0 Å². The van der Waals surface area contributed by atoms with Gasteiger partial charge in [-0.1, -0.05) is 23.7 Å². The number of rotatable bonds is 5. The molecule has 0 aliphatic carbocycles. The van der Waals surface area contributed by atoms with Crippen molar-refractivity contribution in [1.82, 2.24) is 15.5 Å². The van der Waals surface area contributed by atoms with Crippen LogP contribution in [0.1, 0.15) is 5.56 Å². The number of hydrogen-bond acceptors (Lipinski definition) is 2.